The van der Waals surface area contributed by atoms with Crippen LogP contribution in [-0.2, 0) is 0 Å². The molecule has 0 saturated carbocycles. The highest BCUT2D eigenvalue weighted by molar-refractivity contribution is 5.95. The number of carbonyl (C=O) groups is 2. The SMILES string of the molecule is COc1cc(C(=O)O)cc(-c2cccc(C(C)=O)c2)c1. The molecule has 1 N–H and O–H groups in total. The molecule has 4 nitrogen and oxygen atoms in total. The summed E-state index contributed by atoms with van der Waals surface area (Å²) in [6, 6.07) is 11.8. The predicted molar refractivity (Wildman–Crippen MR) is 75.4 cm³/mol. The molecular formula is C16H14O4. The zero-order valence-corrected chi connectivity index (χ0v) is 11.2. The molecule has 4 heteroatoms. The highest BCUT2D eigenvalue weighted by Gasteiger charge is 2.10. The highest BCUT2D eigenvalue weighted by atomic mass is 16.5. The van der Waals surface area contributed by atoms with Gasteiger partial charge in [-0.2, -0.15) is 0 Å². The third kappa shape index (κ3) is 2.85. The predicted octanol–water partition coefficient (Wildman–Crippen LogP) is 3.26. The van der Waals surface area contributed by atoms with E-state index in [2.05, 4.69) is 0 Å². The fourth-order valence-electron chi connectivity index (χ4n) is 1.92. The lowest BCUT2D eigenvalue weighted by atomic mass is 9.99. The molecule has 2 aromatic rings. The minimum Gasteiger partial charge on any atom is -0.497 e. The Labute approximate surface area is 116 Å². The van der Waals surface area contributed by atoms with Crippen molar-refractivity contribution < 1.29 is 19.4 Å². The standard InChI is InChI=1S/C16H14O4/c1-10(17)11-4-3-5-12(6-11)13-7-14(16(18)19)9-15(8-13)20-2/h3-9H,1-2H3,(H,18,19). The van der Waals surface area contributed by atoms with Gasteiger partial charge >= 0.3 is 5.97 Å². The molecule has 0 unspecified atom stereocenters. The zero-order chi connectivity index (χ0) is 14.7. The van der Waals surface area contributed by atoms with Gasteiger partial charge < -0.3 is 9.84 Å². The first-order chi connectivity index (χ1) is 9.51. The van der Waals surface area contributed by atoms with Gasteiger partial charge in [0.1, 0.15) is 5.75 Å². The summed E-state index contributed by atoms with van der Waals surface area (Å²) in [4.78, 5) is 22.5. The first kappa shape index (κ1) is 13.8. The second-order valence-electron chi connectivity index (χ2n) is 4.39. The van der Waals surface area contributed by atoms with Crippen molar-refractivity contribution in [3.8, 4) is 16.9 Å². The summed E-state index contributed by atoms with van der Waals surface area (Å²) in [5.41, 5.74) is 2.21. The lowest BCUT2D eigenvalue weighted by Crippen LogP contribution is -1.98. The molecule has 0 radical (unpaired) electrons. The lowest BCUT2D eigenvalue weighted by Gasteiger charge is -2.08. The summed E-state index contributed by atoms with van der Waals surface area (Å²) in [5, 5.41) is 9.11. The number of ether oxygens (including phenoxy) is 1. The molecule has 0 aromatic heterocycles. The Bertz CT molecular complexity index is 674. The van der Waals surface area contributed by atoms with E-state index in [1.165, 1.54) is 20.1 Å². The maximum Gasteiger partial charge on any atom is 0.335 e. The number of carboxylic acid groups (broad SMARTS) is 1. The third-order valence-electron chi connectivity index (χ3n) is 2.99. The fourth-order valence-corrected chi connectivity index (χ4v) is 1.92. The van der Waals surface area contributed by atoms with E-state index >= 15 is 0 Å². The van der Waals surface area contributed by atoms with Crippen LogP contribution in [0.5, 0.6) is 5.75 Å². The summed E-state index contributed by atoms with van der Waals surface area (Å²) in [6.45, 7) is 1.49. The Morgan fingerprint density at radius 1 is 1.00 bits per heavy atom. The summed E-state index contributed by atoms with van der Waals surface area (Å²) >= 11 is 0. The number of carbonyl (C=O) groups excluding carboxylic acids is 1. The number of hydrogen-bond donors (Lipinski definition) is 1. The van der Waals surface area contributed by atoms with Crippen molar-refractivity contribution in [3.63, 3.8) is 0 Å². The topological polar surface area (TPSA) is 63.6 Å². The number of aromatic carboxylic acids is 1. The minimum absolute atomic E-state index is 0.0341. The number of methoxy groups -OCH3 is 1. The average Bonchev–Trinajstić information content (AvgIpc) is 2.46. The molecule has 102 valence electrons. The van der Waals surface area contributed by atoms with Crippen molar-refractivity contribution in [1.82, 2.24) is 0 Å². The molecule has 0 saturated heterocycles. The molecule has 0 aliphatic carbocycles. The normalized spacial score (nSPS) is 10.1. The van der Waals surface area contributed by atoms with Gasteiger partial charge in [-0.05, 0) is 42.3 Å². The molecule has 20 heavy (non-hydrogen) atoms. The van der Waals surface area contributed by atoms with Crippen molar-refractivity contribution in [3.05, 3.63) is 53.6 Å². The van der Waals surface area contributed by atoms with Gasteiger partial charge in [0.15, 0.2) is 5.78 Å². The van der Waals surface area contributed by atoms with Gasteiger partial charge in [-0.25, -0.2) is 4.79 Å². The Morgan fingerprint density at radius 2 is 1.70 bits per heavy atom. The first-order valence-electron chi connectivity index (χ1n) is 6.05. The van der Waals surface area contributed by atoms with E-state index in [0.29, 0.717) is 16.9 Å². The molecule has 0 spiro atoms. The maximum atomic E-state index is 11.4. The quantitative estimate of drug-likeness (QED) is 0.866. The zero-order valence-electron chi connectivity index (χ0n) is 11.2. The van der Waals surface area contributed by atoms with Crippen molar-refractivity contribution in [2.24, 2.45) is 0 Å². The van der Waals surface area contributed by atoms with Gasteiger partial charge in [0.05, 0.1) is 12.7 Å². The summed E-state index contributed by atoms with van der Waals surface area (Å²) in [6.07, 6.45) is 0. The second-order valence-corrected chi connectivity index (χ2v) is 4.39. The van der Waals surface area contributed by atoms with Gasteiger partial charge in [0.2, 0.25) is 0 Å². The number of rotatable bonds is 4. The van der Waals surface area contributed by atoms with Gasteiger partial charge in [-0.15, -0.1) is 0 Å². The Kier molecular flexibility index (Phi) is 3.84. The van der Waals surface area contributed by atoms with E-state index in [0.717, 1.165) is 5.56 Å². The van der Waals surface area contributed by atoms with Crippen LogP contribution in [0.4, 0.5) is 0 Å². The van der Waals surface area contributed by atoms with Crippen LogP contribution >= 0.6 is 0 Å². The number of Topliss-reactive ketones (excluding diaryl/α,β-unsaturated/α-hetero) is 1. The molecule has 0 bridgehead atoms. The monoisotopic (exact) mass is 270 g/mol. The smallest absolute Gasteiger partial charge is 0.335 e. The van der Waals surface area contributed by atoms with E-state index < -0.39 is 5.97 Å². The first-order valence-corrected chi connectivity index (χ1v) is 6.05. The maximum absolute atomic E-state index is 11.4. The molecule has 0 aliphatic heterocycles. The van der Waals surface area contributed by atoms with E-state index in [1.54, 1.807) is 30.3 Å². The lowest BCUT2D eigenvalue weighted by molar-refractivity contribution is 0.0696. The van der Waals surface area contributed by atoms with Crippen LogP contribution in [-0.4, -0.2) is 24.0 Å². The minimum atomic E-state index is -1.02. The average molecular weight is 270 g/mol. The van der Waals surface area contributed by atoms with Crippen LogP contribution in [0.1, 0.15) is 27.6 Å². The van der Waals surface area contributed by atoms with Gasteiger partial charge in [0.25, 0.3) is 0 Å². The number of benzene rings is 2. The van der Waals surface area contributed by atoms with Crippen molar-refractivity contribution >= 4 is 11.8 Å². The molecule has 0 fully saturated rings. The van der Waals surface area contributed by atoms with E-state index in [4.69, 9.17) is 9.84 Å². The van der Waals surface area contributed by atoms with Crippen LogP contribution in [0, 0.1) is 0 Å². The third-order valence-corrected chi connectivity index (χ3v) is 2.99. The Hall–Kier alpha value is -2.62. The molecule has 0 heterocycles. The Balaban J connectivity index is 2.56. The summed E-state index contributed by atoms with van der Waals surface area (Å²) < 4.78 is 5.11. The molecule has 0 atom stereocenters. The molecule has 0 aliphatic rings. The van der Waals surface area contributed by atoms with Crippen molar-refractivity contribution in [2.45, 2.75) is 6.92 Å². The van der Waals surface area contributed by atoms with E-state index in [-0.39, 0.29) is 11.3 Å². The number of hydrogen-bond acceptors (Lipinski definition) is 3. The van der Waals surface area contributed by atoms with Crippen LogP contribution in [0.15, 0.2) is 42.5 Å². The second kappa shape index (κ2) is 5.57. The number of ketones is 1. The summed E-state index contributed by atoms with van der Waals surface area (Å²) in [7, 11) is 1.48. The molecule has 0 amide bonds. The molecular weight excluding hydrogens is 256 g/mol. The molecule has 2 rings (SSSR count). The van der Waals surface area contributed by atoms with Crippen molar-refractivity contribution in [2.75, 3.05) is 7.11 Å². The Morgan fingerprint density at radius 3 is 2.30 bits per heavy atom. The number of carboxylic acids is 1. The van der Waals surface area contributed by atoms with Gasteiger partial charge in [-0.1, -0.05) is 18.2 Å². The van der Waals surface area contributed by atoms with Crippen LogP contribution in [0.25, 0.3) is 11.1 Å². The van der Waals surface area contributed by atoms with Gasteiger partial charge in [0, 0.05) is 5.56 Å². The summed E-state index contributed by atoms with van der Waals surface area (Å²) in [5.74, 6) is -0.589. The van der Waals surface area contributed by atoms with Gasteiger partial charge in [-0.3, -0.25) is 4.79 Å². The van der Waals surface area contributed by atoms with Crippen LogP contribution in [0.3, 0.4) is 0 Å². The van der Waals surface area contributed by atoms with Crippen LogP contribution in [0.2, 0.25) is 0 Å². The van der Waals surface area contributed by atoms with E-state index in [9.17, 15) is 9.59 Å². The van der Waals surface area contributed by atoms with Crippen molar-refractivity contribution in [1.29, 1.82) is 0 Å². The van der Waals surface area contributed by atoms with Crippen LogP contribution < -0.4 is 4.74 Å². The fraction of sp³-hybridized carbons (Fsp3) is 0.125. The van der Waals surface area contributed by atoms with E-state index in [1.807, 2.05) is 6.07 Å². The largest absolute Gasteiger partial charge is 0.497 e. The highest BCUT2D eigenvalue weighted by Crippen LogP contribution is 2.27. The molecule has 2 aromatic carbocycles.